The van der Waals surface area contributed by atoms with Crippen molar-refractivity contribution in [1.29, 1.82) is 0 Å². The maximum atomic E-state index is 13.6. The summed E-state index contributed by atoms with van der Waals surface area (Å²) >= 11 is 0. The monoisotopic (exact) mass is 549 g/mol. The van der Waals surface area contributed by atoms with Gasteiger partial charge in [0.2, 0.25) is 0 Å². The highest BCUT2D eigenvalue weighted by molar-refractivity contribution is 5.95. The molecule has 1 aromatic carbocycles. The Kier molecular flexibility index (Phi) is 8.51. The zero-order valence-electron chi connectivity index (χ0n) is 22.4. The minimum atomic E-state index is -4.29. The molecule has 0 bridgehead atoms. The molecule has 0 spiro atoms. The summed E-state index contributed by atoms with van der Waals surface area (Å²) in [6.07, 6.45) is 0.736. The predicted octanol–water partition coefficient (Wildman–Crippen LogP) is 6.36. The lowest BCUT2D eigenvalue weighted by molar-refractivity contribution is -0.174. The number of hydrogen-bond acceptors (Lipinski definition) is 4. The Balaban J connectivity index is 1.49. The number of hydrogen-bond donors (Lipinski definition) is 1. The molecule has 39 heavy (non-hydrogen) atoms. The van der Waals surface area contributed by atoms with Crippen molar-refractivity contribution in [3.05, 3.63) is 65.2 Å². The number of nitrogens with one attached hydrogen (secondary N) is 1. The molecule has 1 N–H and O–H groups in total. The van der Waals surface area contributed by atoms with Gasteiger partial charge in [0.05, 0.1) is 19.2 Å². The van der Waals surface area contributed by atoms with E-state index in [1.807, 2.05) is 4.90 Å². The van der Waals surface area contributed by atoms with Crippen LogP contribution in [0.4, 0.5) is 22.4 Å². The standard InChI is InChI=1S/C29H35F4N3O3/c1-18(19(2)29(31,32)33)20-4-6-21(7-5-20)26(37)36(23-9-10-23)24-12-14-28(15-13-24,17-35-27(38)39-3)25-11-8-22(30)16-34-25/h4-8,11,16,18-19,23-24H,9-10,12-15,17H2,1-3H3,(H,35,38)/t18?,19-,24?,28?/m1/s1. The van der Waals surface area contributed by atoms with Crippen molar-refractivity contribution in [3.63, 3.8) is 0 Å². The van der Waals surface area contributed by atoms with Gasteiger partial charge in [-0.15, -0.1) is 0 Å². The number of carbonyl (C=O) groups excluding carboxylic acids is 2. The van der Waals surface area contributed by atoms with Gasteiger partial charge in [-0.3, -0.25) is 9.78 Å². The summed E-state index contributed by atoms with van der Waals surface area (Å²) in [7, 11) is 1.29. The third-order valence-corrected chi connectivity index (χ3v) is 8.46. The van der Waals surface area contributed by atoms with Crippen LogP contribution in [0.2, 0.25) is 0 Å². The number of nitrogens with zero attached hydrogens (tertiary/aromatic N) is 2. The molecule has 4 rings (SSSR count). The first-order chi connectivity index (χ1) is 18.4. The second-order valence-corrected chi connectivity index (χ2v) is 10.9. The van der Waals surface area contributed by atoms with Crippen molar-refractivity contribution in [2.24, 2.45) is 5.92 Å². The summed E-state index contributed by atoms with van der Waals surface area (Å²) in [5.41, 5.74) is 1.16. The molecule has 1 heterocycles. The average Bonchev–Trinajstić information content (AvgIpc) is 3.77. The molecule has 2 aromatic rings. The number of rotatable bonds is 8. The molecule has 2 fully saturated rings. The number of pyridine rings is 1. The van der Waals surface area contributed by atoms with Crippen LogP contribution in [0.25, 0.3) is 0 Å². The highest BCUT2D eigenvalue weighted by Gasteiger charge is 2.44. The zero-order valence-corrected chi connectivity index (χ0v) is 22.4. The zero-order chi connectivity index (χ0) is 28.4. The van der Waals surface area contributed by atoms with Gasteiger partial charge in [-0.25, -0.2) is 9.18 Å². The van der Waals surface area contributed by atoms with Gasteiger partial charge in [0.25, 0.3) is 5.91 Å². The smallest absolute Gasteiger partial charge is 0.406 e. The Morgan fingerprint density at radius 2 is 1.67 bits per heavy atom. The van der Waals surface area contributed by atoms with Crippen molar-refractivity contribution in [1.82, 2.24) is 15.2 Å². The maximum Gasteiger partial charge on any atom is 0.406 e. The minimum absolute atomic E-state index is 0.0273. The fourth-order valence-corrected chi connectivity index (χ4v) is 5.59. The number of methoxy groups -OCH3 is 1. The van der Waals surface area contributed by atoms with E-state index < -0.39 is 35.3 Å². The highest BCUT2D eigenvalue weighted by Crippen LogP contribution is 2.43. The van der Waals surface area contributed by atoms with E-state index in [0.29, 0.717) is 42.5 Å². The van der Waals surface area contributed by atoms with Crippen LogP contribution >= 0.6 is 0 Å². The lowest BCUT2D eigenvalue weighted by atomic mass is 9.69. The van der Waals surface area contributed by atoms with Crippen molar-refractivity contribution in [2.45, 2.75) is 82.0 Å². The first-order valence-electron chi connectivity index (χ1n) is 13.4. The lowest BCUT2D eigenvalue weighted by Crippen LogP contribution is -2.50. The number of alkyl halides is 3. The van der Waals surface area contributed by atoms with Crippen LogP contribution in [-0.4, -0.2) is 53.8 Å². The fraction of sp³-hybridized carbons (Fsp3) is 0.552. The van der Waals surface area contributed by atoms with Crippen LogP contribution in [0, 0.1) is 11.7 Å². The van der Waals surface area contributed by atoms with Crippen LogP contribution in [0.3, 0.4) is 0 Å². The molecule has 0 radical (unpaired) electrons. The third-order valence-electron chi connectivity index (χ3n) is 8.46. The number of benzene rings is 1. The summed E-state index contributed by atoms with van der Waals surface area (Å²) in [5, 5.41) is 2.77. The topological polar surface area (TPSA) is 71.5 Å². The largest absolute Gasteiger partial charge is 0.453 e. The number of amides is 2. The molecule has 6 nitrogen and oxygen atoms in total. The maximum absolute atomic E-state index is 13.6. The SMILES string of the molecule is COC(=O)NCC1(c2ccc(F)cn2)CCC(N(C(=O)c2ccc(C(C)[C@@H](C)C(F)(F)F)cc2)C2CC2)CC1. The molecule has 2 atom stereocenters. The Bertz CT molecular complexity index is 1140. The second kappa shape index (κ2) is 11.5. The van der Waals surface area contributed by atoms with E-state index in [1.54, 1.807) is 37.3 Å². The summed E-state index contributed by atoms with van der Waals surface area (Å²) in [6, 6.07) is 9.60. The van der Waals surface area contributed by atoms with Crippen molar-refractivity contribution >= 4 is 12.0 Å². The van der Waals surface area contributed by atoms with E-state index in [4.69, 9.17) is 4.74 Å². The minimum Gasteiger partial charge on any atom is -0.453 e. The van der Waals surface area contributed by atoms with E-state index in [-0.39, 0.29) is 24.5 Å². The number of aromatic nitrogens is 1. The summed E-state index contributed by atoms with van der Waals surface area (Å²) in [6.45, 7) is 2.99. The summed E-state index contributed by atoms with van der Waals surface area (Å²) in [5.74, 6) is -2.78. The van der Waals surface area contributed by atoms with Crippen molar-refractivity contribution in [2.75, 3.05) is 13.7 Å². The van der Waals surface area contributed by atoms with E-state index in [1.165, 1.54) is 26.3 Å². The number of ether oxygens (including phenoxy) is 1. The molecule has 2 amide bonds. The molecule has 2 saturated carbocycles. The van der Waals surface area contributed by atoms with Crippen LogP contribution in [-0.2, 0) is 10.2 Å². The molecular weight excluding hydrogens is 514 g/mol. The Morgan fingerprint density at radius 1 is 1.05 bits per heavy atom. The molecule has 1 aromatic heterocycles. The van der Waals surface area contributed by atoms with Gasteiger partial charge in [0.1, 0.15) is 5.82 Å². The average molecular weight is 550 g/mol. The first kappa shape index (κ1) is 28.8. The number of carbonyl (C=O) groups is 2. The van der Waals surface area contributed by atoms with Gasteiger partial charge in [-0.05, 0) is 74.3 Å². The summed E-state index contributed by atoms with van der Waals surface area (Å²) in [4.78, 5) is 31.7. The molecule has 212 valence electrons. The Hall–Kier alpha value is -3.17. The third kappa shape index (κ3) is 6.53. The lowest BCUT2D eigenvalue weighted by Gasteiger charge is -2.43. The van der Waals surface area contributed by atoms with Crippen molar-refractivity contribution in [3.8, 4) is 0 Å². The Labute approximate surface area is 226 Å². The van der Waals surface area contributed by atoms with Crippen LogP contribution in [0.15, 0.2) is 42.6 Å². The number of halogens is 4. The molecule has 1 unspecified atom stereocenters. The Morgan fingerprint density at radius 3 is 2.18 bits per heavy atom. The normalized spacial score (nSPS) is 23.0. The highest BCUT2D eigenvalue weighted by atomic mass is 19.4. The quantitative estimate of drug-likeness (QED) is 0.389. The molecule has 0 aliphatic heterocycles. The van der Waals surface area contributed by atoms with Crippen LogP contribution < -0.4 is 5.32 Å². The van der Waals surface area contributed by atoms with Crippen LogP contribution in [0.1, 0.15) is 79.9 Å². The van der Waals surface area contributed by atoms with E-state index in [0.717, 1.165) is 12.8 Å². The van der Waals surface area contributed by atoms with Crippen molar-refractivity contribution < 1.29 is 31.9 Å². The predicted molar refractivity (Wildman–Crippen MR) is 138 cm³/mol. The summed E-state index contributed by atoms with van der Waals surface area (Å²) < 4.78 is 57.8. The first-order valence-corrected chi connectivity index (χ1v) is 13.4. The van der Waals surface area contributed by atoms with Gasteiger partial charge in [0.15, 0.2) is 0 Å². The fourth-order valence-electron chi connectivity index (χ4n) is 5.59. The molecule has 10 heteroatoms. The number of alkyl carbamates (subject to hydrolysis) is 1. The van der Waals surface area contributed by atoms with Crippen LogP contribution in [0.5, 0.6) is 0 Å². The molecule has 0 saturated heterocycles. The van der Waals surface area contributed by atoms with Gasteiger partial charge in [-0.2, -0.15) is 13.2 Å². The van der Waals surface area contributed by atoms with Gasteiger partial charge in [0, 0.05) is 35.3 Å². The van der Waals surface area contributed by atoms with Gasteiger partial charge >= 0.3 is 12.3 Å². The van der Waals surface area contributed by atoms with E-state index in [2.05, 4.69) is 10.3 Å². The molecule has 2 aliphatic rings. The van der Waals surface area contributed by atoms with E-state index >= 15 is 0 Å². The van der Waals surface area contributed by atoms with Gasteiger partial charge < -0.3 is 15.0 Å². The van der Waals surface area contributed by atoms with E-state index in [9.17, 15) is 27.2 Å². The van der Waals surface area contributed by atoms with Gasteiger partial charge in [-0.1, -0.05) is 26.0 Å². The molecular formula is C29H35F4N3O3. The second-order valence-electron chi connectivity index (χ2n) is 10.9. The molecule has 2 aliphatic carbocycles.